The van der Waals surface area contributed by atoms with Crippen LogP contribution in [0.25, 0.3) is 0 Å². The summed E-state index contributed by atoms with van der Waals surface area (Å²) in [5.74, 6) is 0.588. The first-order chi connectivity index (χ1) is 9.25. The summed E-state index contributed by atoms with van der Waals surface area (Å²) < 4.78 is 0. The van der Waals surface area contributed by atoms with Crippen molar-refractivity contribution in [1.29, 1.82) is 0 Å². The number of carbonyl (C=O) groups is 1. The largest absolute Gasteiger partial charge is 0.397 e. The fourth-order valence-corrected chi connectivity index (χ4v) is 1.48. The van der Waals surface area contributed by atoms with Crippen LogP contribution >= 0.6 is 0 Å². The molecular weight excluding hydrogens is 242 g/mol. The van der Waals surface area contributed by atoms with Crippen molar-refractivity contribution in [1.82, 2.24) is 15.3 Å². The van der Waals surface area contributed by atoms with E-state index < -0.39 is 0 Å². The molecule has 1 amide bonds. The summed E-state index contributed by atoms with van der Waals surface area (Å²) >= 11 is 0. The van der Waals surface area contributed by atoms with Crippen molar-refractivity contribution >= 4 is 17.4 Å². The maximum absolute atomic E-state index is 11.7. The van der Waals surface area contributed by atoms with E-state index >= 15 is 0 Å². The van der Waals surface area contributed by atoms with E-state index in [2.05, 4.69) is 20.6 Å². The molecule has 0 aliphatic rings. The monoisotopic (exact) mass is 257 g/mol. The van der Waals surface area contributed by atoms with Crippen molar-refractivity contribution in [2.24, 2.45) is 0 Å². The number of nitrogens with one attached hydrogen (secondary N) is 2. The lowest BCUT2D eigenvalue weighted by Crippen LogP contribution is -2.28. The lowest BCUT2D eigenvalue weighted by atomic mass is 10.3. The Morgan fingerprint density at radius 2 is 2.11 bits per heavy atom. The van der Waals surface area contributed by atoms with Crippen LogP contribution in [0.4, 0.5) is 11.5 Å². The molecule has 0 aromatic carbocycles. The van der Waals surface area contributed by atoms with Gasteiger partial charge < -0.3 is 16.4 Å². The Labute approximate surface area is 111 Å². The van der Waals surface area contributed by atoms with Crippen LogP contribution in [0.3, 0.4) is 0 Å². The second-order valence-corrected chi connectivity index (χ2v) is 3.90. The van der Waals surface area contributed by atoms with Crippen LogP contribution in [0.1, 0.15) is 10.4 Å². The van der Waals surface area contributed by atoms with Crippen molar-refractivity contribution in [3.05, 3.63) is 48.4 Å². The molecule has 0 saturated heterocycles. The maximum atomic E-state index is 11.7. The fraction of sp³-hybridized carbons (Fsp3) is 0.154. The van der Waals surface area contributed by atoms with Crippen molar-refractivity contribution in [3.63, 3.8) is 0 Å². The van der Waals surface area contributed by atoms with Crippen LogP contribution in [0.2, 0.25) is 0 Å². The Balaban J connectivity index is 1.72. The smallest absolute Gasteiger partial charge is 0.252 e. The summed E-state index contributed by atoms with van der Waals surface area (Å²) in [6.07, 6.45) is 4.74. The molecule has 6 nitrogen and oxygen atoms in total. The van der Waals surface area contributed by atoms with E-state index in [1.165, 1.54) is 6.20 Å². The molecule has 0 atom stereocenters. The molecule has 0 fully saturated rings. The molecule has 2 aromatic heterocycles. The number of nitrogens with two attached hydrogens (primary N) is 1. The second-order valence-electron chi connectivity index (χ2n) is 3.90. The van der Waals surface area contributed by atoms with Gasteiger partial charge in [0.2, 0.25) is 0 Å². The van der Waals surface area contributed by atoms with Crippen molar-refractivity contribution in [3.8, 4) is 0 Å². The highest BCUT2D eigenvalue weighted by Gasteiger charge is 2.03. The minimum atomic E-state index is -0.139. The van der Waals surface area contributed by atoms with Gasteiger partial charge in [-0.05, 0) is 24.3 Å². The molecular formula is C13H15N5O. The first-order valence-corrected chi connectivity index (χ1v) is 5.89. The topological polar surface area (TPSA) is 92.9 Å². The van der Waals surface area contributed by atoms with Gasteiger partial charge in [0, 0.05) is 25.5 Å². The third-order valence-corrected chi connectivity index (χ3v) is 2.43. The van der Waals surface area contributed by atoms with Crippen LogP contribution < -0.4 is 16.4 Å². The lowest BCUT2D eigenvalue weighted by molar-refractivity contribution is 0.0955. The Morgan fingerprint density at radius 1 is 1.21 bits per heavy atom. The number of rotatable bonds is 5. The second kappa shape index (κ2) is 6.34. The highest BCUT2D eigenvalue weighted by molar-refractivity contribution is 5.93. The van der Waals surface area contributed by atoms with Gasteiger partial charge in [-0.3, -0.25) is 9.78 Å². The molecule has 0 aliphatic carbocycles. The number of hydrogen-bond donors (Lipinski definition) is 3. The predicted octanol–water partition coefficient (Wildman–Crippen LogP) is 0.901. The van der Waals surface area contributed by atoms with Crippen molar-refractivity contribution < 1.29 is 4.79 Å². The molecule has 4 N–H and O–H groups in total. The lowest BCUT2D eigenvalue weighted by Gasteiger charge is -2.07. The quantitative estimate of drug-likeness (QED) is 0.692. The van der Waals surface area contributed by atoms with E-state index in [9.17, 15) is 4.79 Å². The Bertz CT molecular complexity index is 526. The van der Waals surface area contributed by atoms with Gasteiger partial charge >= 0.3 is 0 Å². The zero-order chi connectivity index (χ0) is 13.5. The van der Waals surface area contributed by atoms with Gasteiger partial charge in [-0.1, -0.05) is 0 Å². The third kappa shape index (κ3) is 3.95. The fourth-order valence-electron chi connectivity index (χ4n) is 1.48. The first-order valence-electron chi connectivity index (χ1n) is 5.89. The van der Waals surface area contributed by atoms with Gasteiger partial charge in [0.25, 0.3) is 5.91 Å². The molecule has 2 heterocycles. The molecule has 0 saturated carbocycles. The van der Waals surface area contributed by atoms with E-state index in [0.717, 1.165) is 5.82 Å². The zero-order valence-electron chi connectivity index (χ0n) is 10.3. The average molecular weight is 257 g/mol. The normalized spacial score (nSPS) is 9.89. The summed E-state index contributed by atoms with van der Waals surface area (Å²) in [5.41, 5.74) is 6.70. The van der Waals surface area contributed by atoms with Gasteiger partial charge in [-0.15, -0.1) is 0 Å². The molecule has 0 bridgehead atoms. The van der Waals surface area contributed by atoms with Crippen molar-refractivity contribution in [2.45, 2.75) is 0 Å². The zero-order valence-corrected chi connectivity index (χ0v) is 10.3. The van der Waals surface area contributed by atoms with Gasteiger partial charge in [-0.2, -0.15) is 0 Å². The van der Waals surface area contributed by atoms with E-state index in [-0.39, 0.29) is 5.91 Å². The summed E-state index contributed by atoms with van der Waals surface area (Å²) in [4.78, 5) is 19.7. The maximum Gasteiger partial charge on any atom is 0.252 e. The highest BCUT2D eigenvalue weighted by Crippen LogP contribution is 2.04. The third-order valence-electron chi connectivity index (χ3n) is 2.43. The van der Waals surface area contributed by atoms with Crippen molar-refractivity contribution in [2.75, 3.05) is 24.1 Å². The first kappa shape index (κ1) is 12.8. The molecule has 0 aliphatic heterocycles. The Morgan fingerprint density at radius 3 is 2.79 bits per heavy atom. The molecule has 0 radical (unpaired) electrons. The van der Waals surface area contributed by atoms with E-state index in [4.69, 9.17) is 5.73 Å². The number of nitrogen functional groups attached to an aromatic ring is 1. The SMILES string of the molecule is Nc1ccc(NCCNC(=O)c2cccnc2)nc1. The summed E-state index contributed by atoms with van der Waals surface area (Å²) in [6.45, 7) is 1.09. The predicted molar refractivity (Wildman–Crippen MR) is 73.7 cm³/mol. The number of aromatic nitrogens is 2. The minimum absolute atomic E-state index is 0.139. The van der Waals surface area contributed by atoms with Crippen LogP contribution in [0, 0.1) is 0 Å². The molecule has 6 heteroatoms. The van der Waals surface area contributed by atoms with E-state index in [1.807, 2.05) is 0 Å². The Kier molecular flexibility index (Phi) is 4.28. The van der Waals surface area contributed by atoms with Crippen LogP contribution in [0.15, 0.2) is 42.9 Å². The van der Waals surface area contributed by atoms with Crippen LogP contribution in [-0.4, -0.2) is 29.0 Å². The number of amides is 1. The van der Waals surface area contributed by atoms with Crippen LogP contribution in [0.5, 0.6) is 0 Å². The minimum Gasteiger partial charge on any atom is -0.397 e. The number of anilines is 2. The standard InChI is InChI=1S/C13H15N5O/c14-11-3-4-12(18-9-11)16-6-7-17-13(19)10-2-1-5-15-8-10/h1-5,8-9H,6-7,14H2,(H,16,18)(H,17,19). The van der Waals surface area contributed by atoms with Gasteiger partial charge in [-0.25, -0.2) is 4.98 Å². The summed E-state index contributed by atoms with van der Waals surface area (Å²) in [6, 6.07) is 7.00. The number of pyridine rings is 2. The van der Waals surface area contributed by atoms with Gasteiger partial charge in [0.15, 0.2) is 0 Å². The van der Waals surface area contributed by atoms with Gasteiger partial charge in [0.05, 0.1) is 17.4 Å². The number of hydrogen-bond acceptors (Lipinski definition) is 5. The summed E-state index contributed by atoms with van der Waals surface area (Å²) in [5, 5.41) is 5.87. The molecule has 2 rings (SSSR count). The molecule has 2 aromatic rings. The molecule has 19 heavy (non-hydrogen) atoms. The summed E-state index contributed by atoms with van der Waals surface area (Å²) in [7, 11) is 0. The molecule has 0 unspecified atom stereocenters. The molecule has 98 valence electrons. The van der Waals surface area contributed by atoms with E-state index in [1.54, 1.807) is 36.7 Å². The highest BCUT2D eigenvalue weighted by atomic mass is 16.1. The number of nitrogens with zero attached hydrogens (tertiary/aromatic N) is 2. The van der Waals surface area contributed by atoms with Crippen LogP contribution in [-0.2, 0) is 0 Å². The average Bonchev–Trinajstić information content (AvgIpc) is 2.46. The molecule has 0 spiro atoms. The van der Waals surface area contributed by atoms with Gasteiger partial charge in [0.1, 0.15) is 5.82 Å². The van der Waals surface area contributed by atoms with E-state index in [0.29, 0.717) is 24.3 Å². The number of carbonyl (C=O) groups excluding carboxylic acids is 1. The Hall–Kier alpha value is -2.63.